The molecule has 3 nitrogen and oxygen atoms in total. The van der Waals surface area contributed by atoms with Crippen LogP contribution in [0.15, 0.2) is 46.2 Å². The molecule has 1 heterocycles. The Hall–Kier alpha value is -1.77. The number of furan rings is 1. The average Bonchev–Trinajstić information content (AvgIpc) is 3.11. The molecule has 0 aliphatic heterocycles. The molecule has 0 bridgehead atoms. The van der Waals surface area contributed by atoms with E-state index in [9.17, 15) is 4.79 Å². The van der Waals surface area contributed by atoms with Crippen LogP contribution in [0, 0.1) is 5.92 Å². The molecule has 0 spiro atoms. The molecule has 1 saturated carbocycles. The van der Waals surface area contributed by atoms with Gasteiger partial charge in [0.25, 0.3) is 5.91 Å². The minimum Gasteiger partial charge on any atom is -0.459 e. The Labute approximate surface area is 114 Å². The van der Waals surface area contributed by atoms with Gasteiger partial charge in [0.05, 0.1) is 6.26 Å². The topological polar surface area (TPSA) is 33.5 Å². The maximum Gasteiger partial charge on any atom is 0.293 e. The van der Waals surface area contributed by atoms with E-state index in [2.05, 4.69) is 6.08 Å². The van der Waals surface area contributed by atoms with E-state index in [1.165, 1.54) is 24.7 Å². The number of rotatable bonds is 5. The first kappa shape index (κ1) is 13.7. The molecule has 0 unspecified atom stereocenters. The highest BCUT2D eigenvalue weighted by Crippen LogP contribution is 2.41. The van der Waals surface area contributed by atoms with Gasteiger partial charge in [-0.15, -0.1) is 0 Å². The first-order valence-electron chi connectivity index (χ1n) is 6.91. The maximum absolute atomic E-state index is 12.5. The molecular weight excluding hydrogens is 238 g/mol. The van der Waals surface area contributed by atoms with Crippen molar-refractivity contribution < 1.29 is 9.21 Å². The summed E-state index contributed by atoms with van der Waals surface area (Å²) >= 11 is 0. The summed E-state index contributed by atoms with van der Waals surface area (Å²) in [5, 5.41) is 0. The van der Waals surface area contributed by atoms with Crippen LogP contribution in [-0.4, -0.2) is 17.4 Å². The van der Waals surface area contributed by atoms with Crippen molar-refractivity contribution in [1.82, 2.24) is 4.90 Å². The third kappa shape index (κ3) is 2.80. The highest BCUT2D eigenvalue weighted by Gasteiger charge is 2.31. The van der Waals surface area contributed by atoms with Crippen molar-refractivity contribution in [3.05, 3.63) is 47.6 Å². The molecule has 1 aromatic heterocycles. The Kier molecular flexibility index (Phi) is 4.25. The van der Waals surface area contributed by atoms with Gasteiger partial charge in [0.1, 0.15) is 0 Å². The second kappa shape index (κ2) is 5.91. The number of allylic oxidation sites excluding steroid dienone is 3. The van der Waals surface area contributed by atoms with Crippen molar-refractivity contribution in [3.63, 3.8) is 0 Å². The van der Waals surface area contributed by atoms with E-state index in [4.69, 9.17) is 4.42 Å². The number of carbonyl (C=O) groups excluding carboxylic acids is 1. The second-order valence-electron chi connectivity index (χ2n) is 4.72. The standard InChI is InChI=1S/C16H21NO2/c1-4-13(12-9-10-12)14(5-2)17(6-3)16(18)15-8-7-11-19-15/h4-5,7-8,11-12H,6,9-10H2,1-3H3. The van der Waals surface area contributed by atoms with Crippen LogP contribution in [-0.2, 0) is 0 Å². The van der Waals surface area contributed by atoms with Crippen molar-refractivity contribution in [2.75, 3.05) is 6.54 Å². The van der Waals surface area contributed by atoms with E-state index in [-0.39, 0.29) is 5.91 Å². The summed E-state index contributed by atoms with van der Waals surface area (Å²) in [4.78, 5) is 14.3. The van der Waals surface area contributed by atoms with Gasteiger partial charge in [0.2, 0.25) is 0 Å². The lowest BCUT2D eigenvalue weighted by atomic mass is 10.1. The Morgan fingerprint density at radius 1 is 1.42 bits per heavy atom. The van der Waals surface area contributed by atoms with Crippen LogP contribution in [0.4, 0.5) is 0 Å². The number of hydrogen-bond acceptors (Lipinski definition) is 2. The van der Waals surface area contributed by atoms with Gasteiger partial charge in [0.15, 0.2) is 5.76 Å². The summed E-state index contributed by atoms with van der Waals surface area (Å²) in [6, 6.07) is 3.46. The monoisotopic (exact) mass is 259 g/mol. The van der Waals surface area contributed by atoms with Crippen molar-refractivity contribution in [2.24, 2.45) is 5.92 Å². The van der Waals surface area contributed by atoms with Crippen LogP contribution >= 0.6 is 0 Å². The SMILES string of the molecule is CC=C(C(=CC)N(CC)C(=O)c1ccco1)C1CC1. The highest BCUT2D eigenvalue weighted by atomic mass is 16.3. The molecule has 19 heavy (non-hydrogen) atoms. The summed E-state index contributed by atoms with van der Waals surface area (Å²) in [7, 11) is 0. The molecule has 0 N–H and O–H groups in total. The molecule has 1 aliphatic rings. The summed E-state index contributed by atoms with van der Waals surface area (Å²) < 4.78 is 5.22. The first-order valence-corrected chi connectivity index (χ1v) is 6.91. The smallest absolute Gasteiger partial charge is 0.293 e. The van der Waals surface area contributed by atoms with Gasteiger partial charge in [-0.3, -0.25) is 4.79 Å². The molecule has 0 radical (unpaired) electrons. The van der Waals surface area contributed by atoms with Crippen molar-refractivity contribution in [3.8, 4) is 0 Å². The Morgan fingerprint density at radius 3 is 2.58 bits per heavy atom. The molecule has 1 amide bonds. The highest BCUT2D eigenvalue weighted by molar-refractivity contribution is 5.93. The summed E-state index contributed by atoms with van der Waals surface area (Å²) in [6.45, 7) is 6.66. The van der Waals surface area contributed by atoms with E-state index < -0.39 is 0 Å². The van der Waals surface area contributed by atoms with E-state index in [1.807, 2.05) is 26.8 Å². The van der Waals surface area contributed by atoms with Crippen LogP contribution in [0.5, 0.6) is 0 Å². The van der Waals surface area contributed by atoms with Crippen LogP contribution in [0.25, 0.3) is 0 Å². The Bertz CT molecular complexity index is 493. The fourth-order valence-corrected chi connectivity index (χ4v) is 2.42. The van der Waals surface area contributed by atoms with E-state index in [0.29, 0.717) is 18.2 Å². The van der Waals surface area contributed by atoms with Gasteiger partial charge in [-0.2, -0.15) is 0 Å². The molecule has 1 aliphatic carbocycles. The quantitative estimate of drug-likeness (QED) is 0.749. The lowest BCUT2D eigenvalue weighted by Crippen LogP contribution is -2.31. The lowest BCUT2D eigenvalue weighted by molar-refractivity contribution is 0.0783. The molecular formula is C16H21NO2. The van der Waals surface area contributed by atoms with Crippen molar-refractivity contribution in [1.29, 1.82) is 0 Å². The Balaban J connectivity index is 2.26. The first-order chi connectivity index (χ1) is 9.22. The fourth-order valence-electron chi connectivity index (χ4n) is 2.42. The second-order valence-corrected chi connectivity index (χ2v) is 4.72. The molecule has 0 saturated heterocycles. The number of amides is 1. The zero-order valence-corrected chi connectivity index (χ0v) is 11.8. The van der Waals surface area contributed by atoms with Crippen LogP contribution in [0.1, 0.15) is 44.2 Å². The van der Waals surface area contributed by atoms with E-state index in [1.54, 1.807) is 17.0 Å². The predicted molar refractivity (Wildman–Crippen MR) is 75.7 cm³/mol. The van der Waals surface area contributed by atoms with Gasteiger partial charge >= 0.3 is 0 Å². The van der Waals surface area contributed by atoms with Crippen molar-refractivity contribution >= 4 is 5.91 Å². The Morgan fingerprint density at radius 2 is 2.16 bits per heavy atom. The van der Waals surface area contributed by atoms with Crippen LogP contribution in [0.3, 0.4) is 0 Å². The van der Waals surface area contributed by atoms with Gasteiger partial charge < -0.3 is 9.32 Å². The molecule has 3 heteroatoms. The molecule has 1 fully saturated rings. The van der Waals surface area contributed by atoms with Gasteiger partial charge in [-0.1, -0.05) is 12.2 Å². The number of likely N-dealkylation sites (N-methyl/N-ethyl adjacent to an activating group) is 1. The number of nitrogens with zero attached hydrogens (tertiary/aromatic N) is 1. The average molecular weight is 259 g/mol. The summed E-state index contributed by atoms with van der Waals surface area (Å²) in [5.74, 6) is 0.947. The zero-order valence-electron chi connectivity index (χ0n) is 11.8. The third-order valence-electron chi connectivity index (χ3n) is 3.48. The van der Waals surface area contributed by atoms with Gasteiger partial charge in [-0.05, 0) is 57.2 Å². The molecule has 102 valence electrons. The molecule has 1 aromatic rings. The normalized spacial score (nSPS) is 16.6. The minimum absolute atomic E-state index is 0.0689. The summed E-state index contributed by atoms with van der Waals surface area (Å²) in [6.07, 6.45) is 8.14. The molecule has 2 rings (SSSR count). The third-order valence-corrected chi connectivity index (χ3v) is 3.48. The largest absolute Gasteiger partial charge is 0.459 e. The van der Waals surface area contributed by atoms with Crippen LogP contribution in [0.2, 0.25) is 0 Å². The fraction of sp³-hybridized carbons (Fsp3) is 0.438. The number of carbonyl (C=O) groups is 1. The maximum atomic E-state index is 12.5. The van der Waals surface area contributed by atoms with Crippen molar-refractivity contribution in [2.45, 2.75) is 33.6 Å². The molecule has 0 aromatic carbocycles. The van der Waals surface area contributed by atoms with Gasteiger partial charge in [-0.25, -0.2) is 0 Å². The predicted octanol–water partition coefficient (Wildman–Crippen LogP) is 4.00. The van der Waals surface area contributed by atoms with Gasteiger partial charge in [0, 0.05) is 12.2 Å². The summed E-state index contributed by atoms with van der Waals surface area (Å²) in [5.41, 5.74) is 2.30. The lowest BCUT2D eigenvalue weighted by Gasteiger charge is -2.25. The minimum atomic E-state index is -0.0689. The number of hydrogen-bond donors (Lipinski definition) is 0. The molecule has 0 atom stereocenters. The van der Waals surface area contributed by atoms with Crippen LogP contribution < -0.4 is 0 Å². The van der Waals surface area contributed by atoms with E-state index >= 15 is 0 Å². The zero-order chi connectivity index (χ0) is 13.8. The van der Waals surface area contributed by atoms with E-state index in [0.717, 1.165) is 5.70 Å².